The van der Waals surface area contributed by atoms with Crippen LogP contribution in [0.5, 0.6) is 5.75 Å². The number of nitro benzene ring substituents is 1. The van der Waals surface area contributed by atoms with Crippen LogP contribution in [-0.2, 0) is 16.8 Å². The molecule has 0 saturated heterocycles. The highest BCUT2D eigenvalue weighted by atomic mass is 16.7. The average molecular weight is 523 g/mol. The van der Waals surface area contributed by atoms with Crippen molar-refractivity contribution in [2.24, 2.45) is 0 Å². The summed E-state index contributed by atoms with van der Waals surface area (Å²) in [6.07, 6.45) is -0.505. The number of nitrogens with zero attached hydrogens (tertiary/aromatic N) is 4. The normalized spacial score (nSPS) is 17.1. The first-order valence-corrected chi connectivity index (χ1v) is 12.3. The van der Waals surface area contributed by atoms with Gasteiger partial charge >= 0.3 is 12.2 Å². The van der Waals surface area contributed by atoms with Crippen molar-refractivity contribution in [2.75, 3.05) is 4.90 Å². The fourth-order valence-corrected chi connectivity index (χ4v) is 4.56. The van der Waals surface area contributed by atoms with Gasteiger partial charge in [0.15, 0.2) is 5.82 Å². The summed E-state index contributed by atoms with van der Waals surface area (Å²) in [5.74, 6) is 0.492. The molecule has 200 valence electrons. The average Bonchev–Trinajstić information content (AvgIpc) is 3.50. The van der Waals surface area contributed by atoms with Crippen LogP contribution in [0, 0.1) is 10.1 Å². The number of non-ortho nitro benzene ring substituents is 1. The summed E-state index contributed by atoms with van der Waals surface area (Å²) in [5, 5.41) is 25.4. The first-order valence-electron chi connectivity index (χ1n) is 12.3. The molecule has 0 aliphatic heterocycles. The highest BCUT2D eigenvalue weighted by Gasteiger charge is 2.35. The standard InChI is InChI=1S/C27H30N4O7/c1-27(2,3)30-23(16-24(28-30)29(25(32)33)17-18-7-5-4-6-8-18)19-9-12-22(15-19)38-26(34)37-21-13-10-20(11-14-21)31(35)36/h4-8,10-11,13-14,16,19,22H,9,12,15,17H2,1-3H3,(H,32,33)/t19-,22+/m0/s1. The van der Waals surface area contributed by atoms with Gasteiger partial charge in [-0.2, -0.15) is 5.10 Å². The highest BCUT2D eigenvalue weighted by molar-refractivity contribution is 5.84. The van der Waals surface area contributed by atoms with Crippen molar-refractivity contribution >= 4 is 23.8 Å². The van der Waals surface area contributed by atoms with Crippen LogP contribution in [0.25, 0.3) is 0 Å². The van der Waals surface area contributed by atoms with E-state index in [1.165, 1.54) is 29.2 Å². The summed E-state index contributed by atoms with van der Waals surface area (Å²) >= 11 is 0. The maximum Gasteiger partial charge on any atom is 0.514 e. The van der Waals surface area contributed by atoms with Gasteiger partial charge in [0.25, 0.3) is 5.69 Å². The topological polar surface area (TPSA) is 137 Å². The maximum absolute atomic E-state index is 12.3. The maximum atomic E-state index is 12.3. The number of nitro groups is 1. The third-order valence-electron chi connectivity index (χ3n) is 6.36. The molecule has 0 radical (unpaired) electrons. The largest absolute Gasteiger partial charge is 0.514 e. The Bertz CT molecular complexity index is 1300. The van der Waals surface area contributed by atoms with Crippen LogP contribution in [0.3, 0.4) is 0 Å². The van der Waals surface area contributed by atoms with Crippen LogP contribution in [0.1, 0.15) is 57.2 Å². The van der Waals surface area contributed by atoms with Crippen molar-refractivity contribution in [2.45, 2.75) is 64.1 Å². The van der Waals surface area contributed by atoms with Gasteiger partial charge in [-0.1, -0.05) is 30.3 Å². The van der Waals surface area contributed by atoms with Gasteiger partial charge in [-0.15, -0.1) is 0 Å². The van der Waals surface area contributed by atoms with Gasteiger partial charge in [0.05, 0.1) is 17.0 Å². The number of ether oxygens (including phenoxy) is 2. The molecule has 2 aromatic carbocycles. The zero-order valence-electron chi connectivity index (χ0n) is 21.4. The van der Waals surface area contributed by atoms with Crippen LogP contribution >= 0.6 is 0 Å². The van der Waals surface area contributed by atoms with Crippen molar-refractivity contribution in [1.29, 1.82) is 0 Å². The predicted octanol–water partition coefficient (Wildman–Crippen LogP) is 6.08. The smallest absolute Gasteiger partial charge is 0.465 e. The summed E-state index contributed by atoms with van der Waals surface area (Å²) in [6, 6.07) is 16.3. The van der Waals surface area contributed by atoms with Crippen LogP contribution in [0.2, 0.25) is 0 Å². The summed E-state index contributed by atoms with van der Waals surface area (Å²) in [6.45, 7) is 6.17. The molecule has 11 nitrogen and oxygen atoms in total. The van der Waals surface area contributed by atoms with Crippen molar-refractivity contribution in [3.8, 4) is 5.75 Å². The van der Waals surface area contributed by atoms with Crippen LogP contribution < -0.4 is 9.64 Å². The lowest BCUT2D eigenvalue weighted by molar-refractivity contribution is -0.384. The molecule has 1 aromatic heterocycles. The number of benzene rings is 2. The SMILES string of the molecule is CC(C)(C)n1nc(N(Cc2ccccc2)C(=O)O)cc1[C@H]1CC[C@@H](OC(=O)Oc2ccc([N+](=O)[O-])cc2)C1. The molecular weight excluding hydrogens is 492 g/mol. The number of carbonyl (C=O) groups is 2. The summed E-state index contributed by atoms with van der Waals surface area (Å²) in [5.41, 5.74) is 1.21. The number of hydrogen-bond acceptors (Lipinski definition) is 7. The Morgan fingerprint density at radius 2 is 1.82 bits per heavy atom. The predicted molar refractivity (Wildman–Crippen MR) is 138 cm³/mol. The zero-order valence-corrected chi connectivity index (χ0v) is 21.4. The van der Waals surface area contributed by atoms with Gasteiger partial charge in [0.1, 0.15) is 11.9 Å². The Hall–Kier alpha value is -4.41. The molecule has 1 aliphatic carbocycles. The molecule has 0 bridgehead atoms. The van der Waals surface area contributed by atoms with E-state index in [1.807, 2.05) is 61.9 Å². The van der Waals surface area contributed by atoms with Gasteiger partial charge in [-0.3, -0.25) is 19.7 Å². The second kappa shape index (κ2) is 10.9. The van der Waals surface area contributed by atoms with Gasteiger partial charge in [0.2, 0.25) is 0 Å². The molecule has 1 N–H and O–H groups in total. The number of amides is 1. The molecule has 0 spiro atoms. The van der Waals surface area contributed by atoms with E-state index >= 15 is 0 Å². The van der Waals surface area contributed by atoms with Crippen molar-refractivity contribution < 1.29 is 29.1 Å². The molecule has 1 amide bonds. The number of aromatic nitrogens is 2. The lowest BCUT2D eigenvalue weighted by atomic mass is 10.0. The van der Waals surface area contributed by atoms with E-state index in [9.17, 15) is 24.8 Å². The molecule has 1 fully saturated rings. The zero-order chi connectivity index (χ0) is 27.4. The Labute approximate surface area is 219 Å². The van der Waals surface area contributed by atoms with E-state index < -0.39 is 28.8 Å². The lowest BCUT2D eigenvalue weighted by Gasteiger charge is -2.25. The first kappa shape index (κ1) is 26.6. The van der Waals surface area contributed by atoms with E-state index in [0.717, 1.165) is 17.7 Å². The molecule has 4 rings (SSSR count). The van der Waals surface area contributed by atoms with E-state index in [1.54, 1.807) is 0 Å². The lowest BCUT2D eigenvalue weighted by Crippen LogP contribution is -2.30. The van der Waals surface area contributed by atoms with Crippen molar-refractivity contribution in [3.05, 3.63) is 82.0 Å². The summed E-state index contributed by atoms with van der Waals surface area (Å²) < 4.78 is 12.5. The molecule has 11 heteroatoms. The van der Waals surface area contributed by atoms with Crippen molar-refractivity contribution in [3.63, 3.8) is 0 Å². The Morgan fingerprint density at radius 3 is 2.42 bits per heavy atom. The third kappa shape index (κ3) is 6.28. The monoisotopic (exact) mass is 522 g/mol. The van der Waals surface area contributed by atoms with Crippen LogP contribution in [-0.4, -0.2) is 38.2 Å². The quantitative estimate of drug-likeness (QED) is 0.170. The van der Waals surface area contributed by atoms with Crippen molar-refractivity contribution in [1.82, 2.24) is 9.78 Å². The van der Waals surface area contributed by atoms with E-state index in [4.69, 9.17) is 9.47 Å². The second-order valence-electron chi connectivity index (χ2n) is 10.2. The second-order valence-corrected chi connectivity index (χ2v) is 10.2. The van der Waals surface area contributed by atoms with E-state index in [2.05, 4.69) is 5.10 Å². The molecule has 1 heterocycles. The summed E-state index contributed by atoms with van der Waals surface area (Å²) in [7, 11) is 0. The first-order chi connectivity index (χ1) is 18.0. The number of hydrogen-bond donors (Lipinski definition) is 1. The molecule has 1 aliphatic rings. The van der Waals surface area contributed by atoms with E-state index in [0.29, 0.717) is 18.7 Å². The number of carboxylic acid groups (broad SMARTS) is 1. The molecule has 0 unspecified atom stereocenters. The minimum absolute atomic E-state index is 0.0000186. The fraction of sp³-hybridized carbons (Fsp3) is 0.370. The third-order valence-corrected chi connectivity index (χ3v) is 6.36. The Kier molecular flexibility index (Phi) is 7.65. The molecule has 1 saturated carbocycles. The minimum Gasteiger partial charge on any atom is -0.465 e. The number of carbonyl (C=O) groups excluding carboxylic acids is 1. The number of anilines is 1. The number of rotatable bonds is 7. The highest BCUT2D eigenvalue weighted by Crippen LogP contribution is 2.39. The summed E-state index contributed by atoms with van der Waals surface area (Å²) in [4.78, 5) is 36.0. The van der Waals surface area contributed by atoms with E-state index in [-0.39, 0.29) is 23.9 Å². The van der Waals surface area contributed by atoms with Gasteiger partial charge in [-0.25, -0.2) is 9.59 Å². The molecular formula is C27H30N4O7. The van der Waals surface area contributed by atoms with Crippen LogP contribution in [0.15, 0.2) is 60.7 Å². The molecule has 38 heavy (non-hydrogen) atoms. The Morgan fingerprint density at radius 1 is 1.13 bits per heavy atom. The van der Waals surface area contributed by atoms with Gasteiger partial charge in [-0.05, 0) is 57.7 Å². The van der Waals surface area contributed by atoms with Gasteiger partial charge < -0.3 is 14.6 Å². The Balaban J connectivity index is 1.47. The fourth-order valence-electron chi connectivity index (χ4n) is 4.56. The van der Waals surface area contributed by atoms with Gasteiger partial charge in [0, 0.05) is 29.8 Å². The molecule has 3 aromatic rings. The molecule has 2 atom stereocenters. The van der Waals surface area contributed by atoms with Crippen LogP contribution in [0.4, 0.5) is 21.1 Å². The minimum atomic E-state index is -1.10.